The minimum Gasteiger partial charge on any atom is -0.394 e. The molecule has 66 valence electrons. The molecule has 0 aromatic carbocycles. The molecule has 0 amide bonds. The average molecular weight is 171 g/mol. The van der Waals surface area contributed by atoms with Crippen LogP contribution in [0, 0.1) is 0 Å². The summed E-state index contributed by atoms with van der Waals surface area (Å²) in [6.07, 6.45) is 4.21. The lowest BCUT2D eigenvalue weighted by Gasteiger charge is -2.06. The molecule has 1 aromatic heterocycles. The van der Waals surface area contributed by atoms with Crippen LogP contribution in [0.5, 0.6) is 0 Å². The zero-order chi connectivity index (χ0) is 8.97. The third-order valence-electron chi connectivity index (χ3n) is 1.17. The lowest BCUT2D eigenvalue weighted by atomic mass is 10.3. The van der Waals surface area contributed by atoms with Crippen molar-refractivity contribution in [2.24, 2.45) is 5.73 Å². The Morgan fingerprint density at radius 1 is 1.83 bits per heavy atom. The van der Waals surface area contributed by atoms with Crippen molar-refractivity contribution < 1.29 is 14.7 Å². The van der Waals surface area contributed by atoms with Gasteiger partial charge in [0, 0.05) is 6.20 Å². The number of hydrogen-bond donors (Lipinski definition) is 2. The second-order valence-electron chi connectivity index (χ2n) is 2.12. The molecule has 12 heavy (non-hydrogen) atoms. The summed E-state index contributed by atoms with van der Waals surface area (Å²) in [6, 6.07) is -1.01. The molecule has 3 N–H and O–H groups in total. The normalized spacial score (nSPS) is 12.5. The summed E-state index contributed by atoms with van der Waals surface area (Å²) in [5.41, 5.74) is 5.17. The molecule has 0 aliphatic rings. The van der Waals surface area contributed by atoms with Gasteiger partial charge in [-0.2, -0.15) is 4.73 Å². The van der Waals surface area contributed by atoms with E-state index >= 15 is 0 Å². The van der Waals surface area contributed by atoms with Crippen LogP contribution in [0.3, 0.4) is 0 Å². The van der Waals surface area contributed by atoms with E-state index in [0.717, 1.165) is 4.73 Å². The fourth-order valence-electron chi connectivity index (χ4n) is 0.547. The highest BCUT2D eigenvalue weighted by Gasteiger charge is 2.14. The van der Waals surface area contributed by atoms with Gasteiger partial charge in [-0.3, -0.25) is 0 Å². The molecule has 6 nitrogen and oxygen atoms in total. The van der Waals surface area contributed by atoms with E-state index in [1.807, 2.05) is 0 Å². The number of aromatic nitrogens is 2. The zero-order valence-corrected chi connectivity index (χ0v) is 6.25. The minimum atomic E-state index is -1.01. The van der Waals surface area contributed by atoms with Gasteiger partial charge in [0.25, 0.3) is 0 Å². The maximum atomic E-state index is 10.9. The van der Waals surface area contributed by atoms with Crippen LogP contribution >= 0.6 is 0 Å². The third-order valence-corrected chi connectivity index (χ3v) is 1.17. The fraction of sp³-hybridized carbons (Fsp3) is 0.333. The van der Waals surface area contributed by atoms with Crippen LogP contribution in [0.2, 0.25) is 0 Å². The number of carbonyl (C=O) groups is 1. The topological polar surface area (TPSA) is 90.4 Å². The maximum Gasteiger partial charge on any atom is 0.351 e. The standard InChI is InChI=1S/C6H9N3O3/c7-5(3-10)6(11)12-9-2-1-8-4-9/h1-2,4-5,10H,3,7H2/t5-/m0/s1. The molecule has 0 radical (unpaired) electrons. The SMILES string of the molecule is N[C@@H](CO)C(=O)On1ccnc1. The monoisotopic (exact) mass is 171 g/mol. The number of nitrogens with zero attached hydrogens (tertiary/aromatic N) is 2. The first kappa shape index (κ1) is 8.69. The Labute approximate surface area is 68.5 Å². The largest absolute Gasteiger partial charge is 0.394 e. The van der Waals surface area contributed by atoms with Gasteiger partial charge in [0.15, 0.2) is 0 Å². The van der Waals surface area contributed by atoms with E-state index in [0.29, 0.717) is 0 Å². The Morgan fingerprint density at radius 2 is 2.58 bits per heavy atom. The van der Waals surface area contributed by atoms with Crippen molar-refractivity contribution in [1.82, 2.24) is 9.71 Å². The molecule has 0 bridgehead atoms. The van der Waals surface area contributed by atoms with E-state index < -0.39 is 18.6 Å². The number of aliphatic hydroxyl groups is 1. The Morgan fingerprint density at radius 3 is 3.08 bits per heavy atom. The Balaban J connectivity index is 2.47. The van der Waals surface area contributed by atoms with E-state index in [1.165, 1.54) is 18.7 Å². The van der Waals surface area contributed by atoms with Gasteiger partial charge in [0.2, 0.25) is 0 Å². The van der Waals surface area contributed by atoms with Crippen molar-refractivity contribution in [3.8, 4) is 0 Å². The zero-order valence-electron chi connectivity index (χ0n) is 6.25. The van der Waals surface area contributed by atoms with Gasteiger partial charge in [0.05, 0.1) is 12.8 Å². The molecule has 1 heterocycles. The van der Waals surface area contributed by atoms with E-state index in [1.54, 1.807) is 0 Å². The summed E-state index contributed by atoms with van der Waals surface area (Å²) in [4.78, 5) is 19.2. The highest BCUT2D eigenvalue weighted by Crippen LogP contribution is 1.84. The van der Waals surface area contributed by atoms with Gasteiger partial charge < -0.3 is 15.7 Å². The molecular formula is C6H9N3O3. The number of nitrogens with two attached hydrogens (primary N) is 1. The number of rotatable bonds is 3. The second-order valence-corrected chi connectivity index (χ2v) is 2.12. The molecular weight excluding hydrogens is 162 g/mol. The summed E-state index contributed by atoms with van der Waals surface area (Å²) in [5.74, 6) is -0.699. The average Bonchev–Trinajstić information content (AvgIpc) is 2.55. The van der Waals surface area contributed by atoms with E-state index in [-0.39, 0.29) is 0 Å². The first-order chi connectivity index (χ1) is 5.74. The predicted molar refractivity (Wildman–Crippen MR) is 38.9 cm³/mol. The van der Waals surface area contributed by atoms with Crippen molar-refractivity contribution >= 4 is 5.97 Å². The molecule has 0 spiro atoms. The number of imidazole rings is 1. The van der Waals surface area contributed by atoms with Crippen molar-refractivity contribution in [1.29, 1.82) is 0 Å². The van der Waals surface area contributed by atoms with Gasteiger partial charge in [0.1, 0.15) is 12.4 Å². The third kappa shape index (κ3) is 2.04. The fourth-order valence-corrected chi connectivity index (χ4v) is 0.547. The molecule has 1 rings (SSSR count). The highest BCUT2D eigenvalue weighted by atomic mass is 16.7. The summed E-state index contributed by atoms with van der Waals surface area (Å²) in [7, 11) is 0. The van der Waals surface area contributed by atoms with Gasteiger partial charge in [-0.25, -0.2) is 9.78 Å². The number of hydrogen-bond acceptors (Lipinski definition) is 5. The first-order valence-corrected chi connectivity index (χ1v) is 3.30. The smallest absolute Gasteiger partial charge is 0.351 e. The summed E-state index contributed by atoms with van der Waals surface area (Å²) >= 11 is 0. The van der Waals surface area contributed by atoms with Crippen LogP contribution in [0.25, 0.3) is 0 Å². The summed E-state index contributed by atoms with van der Waals surface area (Å²) in [6.45, 7) is -0.437. The molecule has 0 aliphatic heterocycles. The van der Waals surface area contributed by atoms with E-state index in [9.17, 15) is 4.79 Å². The lowest BCUT2D eigenvalue weighted by molar-refractivity contribution is -0.146. The quantitative estimate of drug-likeness (QED) is 0.557. The molecule has 6 heteroatoms. The summed E-state index contributed by atoms with van der Waals surface area (Å²) < 4.78 is 1.11. The molecule has 0 fully saturated rings. The van der Waals surface area contributed by atoms with Crippen molar-refractivity contribution in [2.45, 2.75) is 6.04 Å². The Kier molecular flexibility index (Phi) is 2.78. The van der Waals surface area contributed by atoms with Crippen LogP contribution in [0.15, 0.2) is 18.7 Å². The van der Waals surface area contributed by atoms with E-state index in [4.69, 9.17) is 10.8 Å². The molecule has 0 saturated heterocycles. The van der Waals surface area contributed by atoms with Crippen LogP contribution in [0.4, 0.5) is 0 Å². The maximum absolute atomic E-state index is 10.9. The number of carbonyl (C=O) groups excluding carboxylic acids is 1. The lowest BCUT2D eigenvalue weighted by Crippen LogP contribution is -2.40. The molecule has 1 aromatic rings. The molecule has 0 aliphatic carbocycles. The molecule has 1 atom stereocenters. The van der Waals surface area contributed by atoms with Crippen LogP contribution in [-0.2, 0) is 4.79 Å². The van der Waals surface area contributed by atoms with E-state index in [2.05, 4.69) is 9.82 Å². The Hall–Kier alpha value is -1.40. The summed E-state index contributed by atoms with van der Waals surface area (Å²) in [5, 5.41) is 8.48. The van der Waals surface area contributed by atoms with Crippen molar-refractivity contribution in [3.05, 3.63) is 18.7 Å². The van der Waals surface area contributed by atoms with Crippen LogP contribution < -0.4 is 10.6 Å². The van der Waals surface area contributed by atoms with Crippen molar-refractivity contribution in [2.75, 3.05) is 6.61 Å². The number of aliphatic hydroxyl groups excluding tert-OH is 1. The van der Waals surface area contributed by atoms with Crippen LogP contribution in [-0.4, -0.2) is 33.4 Å². The second kappa shape index (κ2) is 3.84. The minimum absolute atomic E-state index is 0.437. The molecule has 0 saturated carbocycles. The Bertz CT molecular complexity index is 247. The van der Waals surface area contributed by atoms with Gasteiger partial charge in [-0.1, -0.05) is 0 Å². The van der Waals surface area contributed by atoms with Gasteiger partial charge >= 0.3 is 5.97 Å². The predicted octanol–water partition coefficient (Wildman–Crippen LogP) is -1.84. The van der Waals surface area contributed by atoms with Crippen molar-refractivity contribution in [3.63, 3.8) is 0 Å². The van der Waals surface area contributed by atoms with Crippen LogP contribution in [0.1, 0.15) is 0 Å². The van der Waals surface area contributed by atoms with Gasteiger partial charge in [-0.15, -0.1) is 0 Å². The first-order valence-electron chi connectivity index (χ1n) is 3.30. The molecule has 0 unspecified atom stereocenters. The van der Waals surface area contributed by atoms with Gasteiger partial charge in [-0.05, 0) is 0 Å². The highest BCUT2D eigenvalue weighted by molar-refractivity contribution is 5.75.